The summed E-state index contributed by atoms with van der Waals surface area (Å²) in [5, 5.41) is 7.86. The number of carbonyl (C=O) groups excluding carboxylic acids is 1. The highest BCUT2D eigenvalue weighted by molar-refractivity contribution is 6.33. The number of aryl methyl sites for hydroxylation is 1. The standard InChI is InChI=1S/C19H19ClN4O2/c1-2-24-18(21-11-22-24)17(12-7-8-12)23-19(25)16-10-9-15(26-16)13-5-3-4-6-14(13)20/h3-6,9-12,17H,2,7-8H2,1H3,(H,23,25)/t17-/m0/s1. The van der Waals surface area contributed by atoms with Crippen molar-refractivity contribution >= 4 is 17.5 Å². The molecule has 0 saturated heterocycles. The lowest BCUT2D eigenvalue weighted by Gasteiger charge is -2.17. The Labute approximate surface area is 156 Å². The van der Waals surface area contributed by atoms with Crippen molar-refractivity contribution in [1.29, 1.82) is 0 Å². The Morgan fingerprint density at radius 1 is 1.35 bits per heavy atom. The van der Waals surface area contributed by atoms with Crippen LogP contribution in [0.4, 0.5) is 0 Å². The molecule has 0 aliphatic heterocycles. The Morgan fingerprint density at radius 2 is 2.15 bits per heavy atom. The summed E-state index contributed by atoms with van der Waals surface area (Å²) in [4.78, 5) is 17.1. The number of aromatic nitrogens is 3. The number of hydrogen-bond donors (Lipinski definition) is 1. The van der Waals surface area contributed by atoms with Crippen LogP contribution < -0.4 is 5.32 Å². The van der Waals surface area contributed by atoms with Crippen molar-refractivity contribution in [2.75, 3.05) is 0 Å². The Bertz CT molecular complexity index is 929. The summed E-state index contributed by atoms with van der Waals surface area (Å²) in [6.45, 7) is 2.72. The van der Waals surface area contributed by atoms with E-state index in [0.717, 1.165) is 24.2 Å². The zero-order chi connectivity index (χ0) is 18.1. The van der Waals surface area contributed by atoms with Crippen molar-refractivity contribution in [1.82, 2.24) is 20.1 Å². The Kier molecular flexibility index (Phi) is 4.51. The molecule has 6 nitrogen and oxygen atoms in total. The fraction of sp³-hybridized carbons (Fsp3) is 0.316. The fourth-order valence-corrected chi connectivity index (χ4v) is 3.29. The van der Waals surface area contributed by atoms with E-state index >= 15 is 0 Å². The number of rotatable bonds is 6. The lowest BCUT2D eigenvalue weighted by Crippen LogP contribution is -2.31. The van der Waals surface area contributed by atoms with Gasteiger partial charge in [-0.15, -0.1) is 0 Å². The number of halogens is 1. The molecule has 1 saturated carbocycles. The van der Waals surface area contributed by atoms with E-state index < -0.39 is 0 Å². The normalized spacial score (nSPS) is 15.0. The van der Waals surface area contributed by atoms with Gasteiger partial charge in [-0.25, -0.2) is 9.67 Å². The summed E-state index contributed by atoms with van der Waals surface area (Å²) in [7, 11) is 0. The van der Waals surface area contributed by atoms with Gasteiger partial charge < -0.3 is 9.73 Å². The summed E-state index contributed by atoms with van der Waals surface area (Å²) in [6.07, 6.45) is 3.68. The predicted molar refractivity (Wildman–Crippen MR) is 97.8 cm³/mol. The van der Waals surface area contributed by atoms with Gasteiger partial charge in [-0.2, -0.15) is 5.10 Å². The third kappa shape index (κ3) is 3.24. The summed E-state index contributed by atoms with van der Waals surface area (Å²) >= 11 is 6.20. The minimum absolute atomic E-state index is 0.154. The highest BCUT2D eigenvalue weighted by Crippen LogP contribution is 2.40. The van der Waals surface area contributed by atoms with Gasteiger partial charge in [0.1, 0.15) is 17.9 Å². The first-order valence-electron chi connectivity index (χ1n) is 8.70. The number of benzene rings is 1. The van der Waals surface area contributed by atoms with Gasteiger partial charge in [-0.1, -0.05) is 23.7 Å². The number of amides is 1. The van der Waals surface area contributed by atoms with E-state index in [2.05, 4.69) is 15.4 Å². The maximum Gasteiger partial charge on any atom is 0.287 e. The van der Waals surface area contributed by atoms with E-state index in [-0.39, 0.29) is 17.7 Å². The molecule has 1 aromatic carbocycles. The zero-order valence-electron chi connectivity index (χ0n) is 14.4. The van der Waals surface area contributed by atoms with Crippen LogP contribution in [0.25, 0.3) is 11.3 Å². The molecule has 7 heteroatoms. The summed E-state index contributed by atoms with van der Waals surface area (Å²) < 4.78 is 7.57. The van der Waals surface area contributed by atoms with Crippen LogP contribution in [0.3, 0.4) is 0 Å². The van der Waals surface area contributed by atoms with E-state index in [4.69, 9.17) is 16.0 Å². The van der Waals surface area contributed by atoms with Crippen molar-refractivity contribution in [2.45, 2.75) is 32.4 Å². The lowest BCUT2D eigenvalue weighted by molar-refractivity contribution is 0.0901. The maximum absolute atomic E-state index is 12.7. The molecule has 1 aliphatic carbocycles. The Balaban J connectivity index is 1.55. The Morgan fingerprint density at radius 3 is 2.88 bits per heavy atom. The molecule has 2 heterocycles. The maximum atomic E-state index is 12.7. The molecule has 4 rings (SSSR count). The van der Waals surface area contributed by atoms with E-state index in [1.165, 1.54) is 6.33 Å². The van der Waals surface area contributed by atoms with Crippen LogP contribution in [-0.4, -0.2) is 20.7 Å². The van der Waals surface area contributed by atoms with Gasteiger partial charge in [0.25, 0.3) is 5.91 Å². The number of furan rings is 1. The molecule has 134 valence electrons. The van der Waals surface area contributed by atoms with Crippen LogP contribution in [0, 0.1) is 5.92 Å². The van der Waals surface area contributed by atoms with Gasteiger partial charge in [0.05, 0.1) is 11.1 Å². The predicted octanol–water partition coefficient (Wildman–Crippen LogP) is 4.09. The van der Waals surface area contributed by atoms with Crippen molar-refractivity contribution in [3.8, 4) is 11.3 Å². The van der Waals surface area contributed by atoms with Crippen LogP contribution in [-0.2, 0) is 6.54 Å². The van der Waals surface area contributed by atoms with Gasteiger partial charge in [-0.05, 0) is 49.9 Å². The Hall–Kier alpha value is -2.60. The second-order valence-corrected chi connectivity index (χ2v) is 6.77. The molecule has 0 radical (unpaired) electrons. The molecule has 0 unspecified atom stereocenters. The monoisotopic (exact) mass is 370 g/mol. The first-order valence-corrected chi connectivity index (χ1v) is 9.08. The largest absolute Gasteiger partial charge is 0.451 e. The molecule has 1 N–H and O–H groups in total. The summed E-state index contributed by atoms with van der Waals surface area (Å²) in [6, 6.07) is 10.7. The van der Waals surface area contributed by atoms with Crippen LogP contribution in [0.5, 0.6) is 0 Å². The SMILES string of the molecule is CCn1ncnc1[C@@H](NC(=O)c1ccc(-c2ccccc2Cl)o1)C1CC1. The van der Waals surface area contributed by atoms with Gasteiger partial charge >= 0.3 is 0 Å². The second-order valence-electron chi connectivity index (χ2n) is 6.37. The van der Waals surface area contributed by atoms with Crippen LogP contribution in [0.2, 0.25) is 5.02 Å². The molecule has 1 atom stereocenters. The number of nitrogens with one attached hydrogen (secondary N) is 1. The fourth-order valence-electron chi connectivity index (χ4n) is 3.06. The van der Waals surface area contributed by atoms with E-state index in [1.807, 2.05) is 29.8 Å². The number of carbonyl (C=O) groups is 1. The molecule has 2 aromatic heterocycles. The highest BCUT2D eigenvalue weighted by Gasteiger charge is 2.36. The molecule has 1 aliphatic rings. The first kappa shape index (κ1) is 16.8. The van der Waals surface area contributed by atoms with Crippen molar-refractivity contribution in [2.24, 2.45) is 5.92 Å². The van der Waals surface area contributed by atoms with Gasteiger partial charge in [-0.3, -0.25) is 4.79 Å². The minimum atomic E-state index is -0.258. The summed E-state index contributed by atoms with van der Waals surface area (Å²) in [5.41, 5.74) is 0.762. The van der Waals surface area contributed by atoms with Crippen LogP contribution >= 0.6 is 11.6 Å². The van der Waals surface area contributed by atoms with Gasteiger partial charge in [0, 0.05) is 12.1 Å². The molecule has 3 aromatic rings. The number of nitrogens with zero attached hydrogens (tertiary/aromatic N) is 3. The van der Waals surface area contributed by atoms with Crippen molar-refractivity contribution in [3.05, 3.63) is 59.3 Å². The van der Waals surface area contributed by atoms with E-state index in [0.29, 0.717) is 23.2 Å². The van der Waals surface area contributed by atoms with Crippen LogP contribution in [0.15, 0.2) is 47.1 Å². The third-order valence-electron chi connectivity index (χ3n) is 4.57. The zero-order valence-corrected chi connectivity index (χ0v) is 15.1. The molecular formula is C19H19ClN4O2. The van der Waals surface area contributed by atoms with Gasteiger partial charge in [0.2, 0.25) is 0 Å². The average molecular weight is 371 g/mol. The first-order chi connectivity index (χ1) is 12.7. The third-order valence-corrected chi connectivity index (χ3v) is 4.90. The molecule has 1 amide bonds. The second kappa shape index (κ2) is 6.96. The highest BCUT2D eigenvalue weighted by atomic mass is 35.5. The van der Waals surface area contributed by atoms with E-state index in [1.54, 1.807) is 18.2 Å². The quantitative estimate of drug-likeness (QED) is 0.709. The lowest BCUT2D eigenvalue weighted by atomic mass is 10.1. The molecule has 26 heavy (non-hydrogen) atoms. The molecule has 1 fully saturated rings. The van der Waals surface area contributed by atoms with Crippen molar-refractivity contribution in [3.63, 3.8) is 0 Å². The van der Waals surface area contributed by atoms with Gasteiger partial charge in [0.15, 0.2) is 5.76 Å². The molecule has 0 spiro atoms. The van der Waals surface area contributed by atoms with Crippen LogP contribution in [0.1, 0.15) is 42.2 Å². The molecular weight excluding hydrogens is 352 g/mol. The smallest absolute Gasteiger partial charge is 0.287 e. The molecule has 0 bridgehead atoms. The topological polar surface area (TPSA) is 73.0 Å². The number of hydrogen-bond acceptors (Lipinski definition) is 4. The van der Waals surface area contributed by atoms with E-state index in [9.17, 15) is 4.79 Å². The van der Waals surface area contributed by atoms with Crippen molar-refractivity contribution < 1.29 is 9.21 Å². The average Bonchev–Trinajstić information content (AvgIpc) is 3.18. The summed E-state index contributed by atoms with van der Waals surface area (Å²) in [5.74, 6) is 1.76. The minimum Gasteiger partial charge on any atom is -0.451 e.